The molecule has 27 heavy (non-hydrogen) atoms. The highest BCUT2D eigenvalue weighted by atomic mass is 32.1. The number of nitrogens with zero attached hydrogens (tertiary/aromatic N) is 2. The van der Waals surface area contributed by atoms with Gasteiger partial charge in [0.2, 0.25) is 0 Å². The van der Waals surface area contributed by atoms with Crippen molar-refractivity contribution < 1.29 is 32.6 Å². The number of aliphatic carboxylic acids is 1. The summed E-state index contributed by atoms with van der Waals surface area (Å²) in [6, 6.07) is 0.109. The normalized spacial score (nSPS) is 23.2. The number of carboxylic acids is 1. The molecule has 0 aromatic rings. The number of alkyl halides is 3. The summed E-state index contributed by atoms with van der Waals surface area (Å²) in [5, 5.41) is 7.35. The van der Waals surface area contributed by atoms with Crippen LogP contribution in [0.3, 0.4) is 0 Å². The molecule has 2 saturated heterocycles. The third kappa shape index (κ3) is 8.70. The van der Waals surface area contributed by atoms with E-state index in [9.17, 15) is 18.0 Å². The highest BCUT2D eigenvalue weighted by Crippen LogP contribution is 2.23. The van der Waals surface area contributed by atoms with Gasteiger partial charge in [-0.3, -0.25) is 4.90 Å². The number of halogens is 3. The molecule has 0 aromatic carbocycles. The van der Waals surface area contributed by atoms with E-state index in [1.807, 2.05) is 0 Å². The minimum Gasteiger partial charge on any atom is -0.475 e. The van der Waals surface area contributed by atoms with Crippen molar-refractivity contribution in [3.63, 3.8) is 0 Å². The Kier molecular flexibility index (Phi) is 9.71. The molecule has 0 radical (unpaired) electrons. The predicted molar refractivity (Wildman–Crippen MR) is 97.9 cm³/mol. The van der Waals surface area contributed by atoms with Gasteiger partial charge in [0.1, 0.15) is 6.61 Å². The van der Waals surface area contributed by atoms with E-state index in [-0.39, 0.29) is 24.0 Å². The molecule has 2 aliphatic rings. The van der Waals surface area contributed by atoms with Crippen molar-refractivity contribution in [3.05, 3.63) is 24.8 Å². The van der Waals surface area contributed by atoms with E-state index >= 15 is 0 Å². The maximum absolute atomic E-state index is 12.0. The van der Waals surface area contributed by atoms with Crippen LogP contribution in [0.5, 0.6) is 0 Å². The summed E-state index contributed by atoms with van der Waals surface area (Å²) < 4.78 is 36.9. The van der Waals surface area contributed by atoms with E-state index in [1.165, 1.54) is 25.9 Å². The zero-order chi connectivity index (χ0) is 20.4. The molecule has 2 fully saturated rings. The molecule has 154 valence electrons. The topological polar surface area (TPSA) is 70.1 Å². The van der Waals surface area contributed by atoms with E-state index < -0.39 is 12.1 Å². The molecule has 0 aromatic heterocycles. The highest BCUT2D eigenvalue weighted by molar-refractivity contribution is 7.81. The third-order valence-electron chi connectivity index (χ3n) is 4.04. The quantitative estimate of drug-likeness (QED) is 0.539. The summed E-state index contributed by atoms with van der Waals surface area (Å²) in [5.41, 5.74) is 0. The van der Waals surface area contributed by atoms with Gasteiger partial charge in [0.25, 0.3) is 0 Å². The lowest BCUT2D eigenvalue weighted by atomic mass is 10.2. The second-order valence-electron chi connectivity index (χ2n) is 6.21. The fraction of sp³-hybridized carbons (Fsp3) is 0.647. The molecule has 1 N–H and O–H groups in total. The molecule has 1 amide bonds. The highest BCUT2D eigenvalue weighted by Gasteiger charge is 2.38. The second-order valence-corrected chi connectivity index (χ2v) is 6.94. The molecule has 10 heteroatoms. The number of ether oxygens (including phenoxy) is 1. The van der Waals surface area contributed by atoms with Gasteiger partial charge in [0.05, 0.1) is 6.04 Å². The van der Waals surface area contributed by atoms with Gasteiger partial charge in [-0.15, -0.1) is 0 Å². The van der Waals surface area contributed by atoms with Crippen LogP contribution in [0.2, 0.25) is 0 Å². The smallest absolute Gasteiger partial charge is 0.475 e. The number of thiol groups is 1. The molecule has 0 unspecified atom stereocenters. The fourth-order valence-electron chi connectivity index (χ4n) is 2.78. The molecule has 0 spiro atoms. The Morgan fingerprint density at radius 1 is 1.30 bits per heavy atom. The number of hydrogen-bond acceptors (Lipinski definition) is 5. The van der Waals surface area contributed by atoms with E-state index in [2.05, 4.69) is 36.3 Å². The molecule has 2 rings (SSSR count). The standard InChI is InChI=1S/C15H24N2O2S.C2HF3O2/c1-2-10-19-15(18)17-12-14(20)11-13(17)6-5-9-16-7-3-4-8-16;3-2(4,5)1(6)7/h2,5-6,13-14,20H,1,3-4,7-12H2;(H,6,7)/b6-5-;/t13-,14+;/m1./s1. The van der Waals surface area contributed by atoms with Crippen molar-refractivity contribution in [3.8, 4) is 0 Å². The summed E-state index contributed by atoms with van der Waals surface area (Å²) in [4.78, 5) is 25.1. The monoisotopic (exact) mass is 410 g/mol. The van der Waals surface area contributed by atoms with Crippen LogP contribution in [-0.4, -0.2) is 77.2 Å². The van der Waals surface area contributed by atoms with Gasteiger partial charge < -0.3 is 14.7 Å². The Morgan fingerprint density at radius 3 is 2.41 bits per heavy atom. The Balaban J connectivity index is 0.000000445. The Bertz CT molecular complexity index is 537. The van der Waals surface area contributed by atoms with Gasteiger partial charge in [0.15, 0.2) is 0 Å². The maximum atomic E-state index is 12.0. The lowest BCUT2D eigenvalue weighted by Gasteiger charge is -2.21. The lowest BCUT2D eigenvalue weighted by Crippen LogP contribution is -2.35. The van der Waals surface area contributed by atoms with E-state index in [0.29, 0.717) is 6.54 Å². The number of rotatable bonds is 5. The van der Waals surface area contributed by atoms with Gasteiger partial charge in [-0.2, -0.15) is 25.8 Å². The molecule has 0 saturated carbocycles. The Labute approximate surface area is 162 Å². The molecule has 2 heterocycles. The average molecular weight is 410 g/mol. The number of amides is 1. The number of hydrogen-bond donors (Lipinski definition) is 2. The molecule has 2 atom stereocenters. The number of likely N-dealkylation sites (tertiary alicyclic amines) is 2. The van der Waals surface area contributed by atoms with Gasteiger partial charge in [-0.25, -0.2) is 9.59 Å². The zero-order valence-corrected chi connectivity index (χ0v) is 15.8. The van der Waals surface area contributed by atoms with Crippen molar-refractivity contribution >= 4 is 24.7 Å². The zero-order valence-electron chi connectivity index (χ0n) is 14.9. The van der Waals surface area contributed by atoms with Crippen LogP contribution in [0.1, 0.15) is 19.3 Å². The minimum absolute atomic E-state index is 0.109. The first kappa shape index (κ1) is 23.4. The summed E-state index contributed by atoms with van der Waals surface area (Å²) >= 11 is 4.49. The number of carboxylic acid groups (broad SMARTS) is 1. The predicted octanol–water partition coefficient (Wildman–Crippen LogP) is 2.97. The first-order valence-electron chi connectivity index (χ1n) is 8.56. The van der Waals surface area contributed by atoms with E-state index in [0.717, 1.165) is 13.0 Å². The average Bonchev–Trinajstić information content (AvgIpc) is 3.22. The molecular weight excluding hydrogens is 385 g/mol. The Morgan fingerprint density at radius 2 is 1.89 bits per heavy atom. The first-order valence-corrected chi connectivity index (χ1v) is 9.08. The van der Waals surface area contributed by atoms with Gasteiger partial charge in [-0.05, 0) is 32.4 Å². The molecule has 6 nitrogen and oxygen atoms in total. The first-order chi connectivity index (χ1) is 12.6. The van der Waals surface area contributed by atoms with Crippen molar-refractivity contribution in [1.29, 1.82) is 0 Å². The summed E-state index contributed by atoms with van der Waals surface area (Å²) in [5.74, 6) is -2.76. The molecule has 2 aliphatic heterocycles. The van der Waals surface area contributed by atoms with E-state index in [1.54, 1.807) is 11.0 Å². The van der Waals surface area contributed by atoms with Crippen molar-refractivity contribution in [2.45, 2.75) is 36.7 Å². The van der Waals surface area contributed by atoms with Crippen molar-refractivity contribution in [2.75, 3.05) is 32.8 Å². The van der Waals surface area contributed by atoms with Crippen LogP contribution in [0, 0.1) is 0 Å². The van der Waals surface area contributed by atoms with Crippen molar-refractivity contribution in [1.82, 2.24) is 9.80 Å². The third-order valence-corrected chi connectivity index (χ3v) is 4.42. The molecule has 0 aliphatic carbocycles. The maximum Gasteiger partial charge on any atom is 0.490 e. The minimum atomic E-state index is -5.08. The summed E-state index contributed by atoms with van der Waals surface area (Å²) in [7, 11) is 0. The van der Waals surface area contributed by atoms with Crippen LogP contribution < -0.4 is 0 Å². The van der Waals surface area contributed by atoms with E-state index in [4.69, 9.17) is 14.6 Å². The second kappa shape index (κ2) is 11.2. The van der Waals surface area contributed by atoms with Crippen LogP contribution in [0.15, 0.2) is 24.8 Å². The van der Waals surface area contributed by atoms with Crippen LogP contribution in [0.4, 0.5) is 18.0 Å². The van der Waals surface area contributed by atoms with Crippen LogP contribution >= 0.6 is 12.6 Å². The van der Waals surface area contributed by atoms with Gasteiger partial charge in [0, 0.05) is 18.3 Å². The molecular formula is C17H25F3N2O4S. The SMILES string of the molecule is C=CCOC(=O)N1C[C@@H](S)C[C@H]1/C=C\CN1CCCC1.O=C(O)C(F)(F)F. The van der Waals surface area contributed by atoms with Gasteiger partial charge in [-0.1, -0.05) is 24.8 Å². The largest absolute Gasteiger partial charge is 0.490 e. The fourth-order valence-corrected chi connectivity index (χ4v) is 3.17. The Hall–Kier alpha value is -1.68. The lowest BCUT2D eigenvalue weighted by molar-refractivity contribution is -0.192. The van der Waals surface area contributed by atoms with Crippen LogP contribution in [-0.2, 0) is 9.53 Å². The van der Waals surface area contributed by atoms with Gasteiger partial charge >= 0.3 is 18.2 Å². The van der Waals surface area contributed by atoms with Crippen LogP contribution in [0.25, 0.3) is 0 Å². The number of carbonyl (C=O) groups is 2. The van der Waals surface area contributed by atoms with Crippen molar-refractivity contribution in [2.24, 2.45) is 0 Å². The summed E-state index contributed by atoms with van der Waals surface area (Å²) in [6.45, 7) is 7.82. The number of carbonyl (C=O) groups excluding carboxylic acids is 1. The summed E-state index contributed by atoms with van der Waals surface area (Å²) in [6.07, 6.45) is 4.04. The molecule has 0 bridgehead atoms.